The summed E-state index contributed by atoms with van der Waals surface area (Å²) >= 11 is 0. The van der Waals surface area contributed by atoms with Gasteiger partial charge in [-0.2, -0.15) is 0 Å². The van der Waals surface area contributed by atoms with E-state index in [1.807, 2.05) is 61.5 Å². The van der Waals surface area contributed by atoms with Crippen molar-refractivity contribution < 1.29 is 9.53 Å². The van der Waals surface area contributed by atoms with Gasteiger partial charge in [-0.15, -0.1) is 0 Å². The zero-order chi connectivity index (χ0) is 19.8. The van der Waals surface area contributed by atoms with Crippen LogP contribution in [0.1, 0.15) is 29.7 Å². The maximum atomic E-state index is 13.1. The van der Waals surface area contributed by atoms with Gasteiger partial charge in [0.1, 0.15) is 11.8 Å². The second-order valence-corrected chi connectivity index (χ2v) is 6.63. The lowest BCUT2D eigenvalue weighted by molar-refractivity contribution is -0.118. The second kappa shape index (κ2) is 9.72. The molecule has 0 saturated heterocycles. The molecule has 4 heteroatoms. The Balaban J connectivity index is 1.78. The summed E-state index contributed by atoms with van der Waals surface area (Å²) in [7, 11) is 0. The van der Waals surface area contributed by atoms with Crippen molar-refractivity contribution in [1.29, 1.82) is 0 Å². The molecule has 0 bridgehead atoms. The van der Waals surface area contributed by atoms with Gasteiger partial charge < -0.3 is 10.1 Å². The van der Waals surface area contributed by atoms with E-state index < -0.39 is 6.04 Å². The van der Waals surface area contributed by atoms with Gasteiger partial charge in [-0.3, -0.25) is 10.1 Å². The summed E-state index contributed by atoms with van der Waals surface area (Å²) in [5.41, 5.74) is 3.94. The lowest BCUT2D eigenvalue weighted by Gasteiger charge is -2.20. The van der Waals surface area contributed by atoms with Gasteiger partial charge in [0, 0.05) is 6.54 Å². The molecular formula is C24H26N2O2. The van der Waals surface area contributed by atoms with Crippen LogP contribution in [0.4, 0.5) is 5.69 Å². The molecule has 0 heterocycles. The van der Waals surface area contributed by atoms with Crippen molar-refractivity contribution in [3.63, 3.8) is 0 Å². The van der Waals surface area contributed by atoms with Crippen LogP contribution in [-0.2, 0) is 11.3 Å². The van der Waals surface area contributed by atoms with Crippen LogP contribution in [0.5, 0.6) is 5.75 Å². The van der Waals surface area contributed by atoms with E-state index in [-0.39, 0.29) is 5.91 Å². The van der Waals surface area contributed by atoms with Crippen LogP contribution >= 0.6 is 0 Å². The zero-order valence-electron chi connectivity index (χ0n) is 16.3. The first kappa shape index (κ1) is 19.6. The van der Waals surface area contributed by atoms with Crippen molar-refractivity contribution >= 4 is 11.6 Å². The number of aryl methyl sites for hydroxylation is 1. The third kappa shape index (κ3) is 5.21. The van der Waals surface area contributed by atoms with Gasteiger partial charge in [0.05, 0.1) is 12.3 Å². The molecule has 3 rings (SSSR count). The highest BCUT2D eigenvalue weighted by molar-refractivity contribution is 5.96. The van der Waals surface area contributed by atoms with Gasteiger partial charge in [-0.25, -0.2) is 0 Å². The summed E-state index contributed by atoms with van der Waals surface area (Å²) in [6.45, 7) is 5.13. The smallest absolute Gasteiger partial charge is 0.246 e. The van der Waals surface area contributed by atoms with Crippen molar-refractivity contribution in [3.8, 4) is 5.75 Å². The highest BCUT2D eigenvalue weighted by Gasteiger charge is 2.21. The number of ether oxygens (including phenoxy) is 1. The third-order valence-electron chi connectivity index (χ3n) is 4.47. The normalized spacial score (nSPS) is 11.6. The van der Waals surface area contributed by atoms with Gasteiger partial charge in [0.25, 0.3) is 0 Å². The van der Waals surface area contributed by atoms with Crippen LogP contribution in [0.3, 0.4) is 0 Å². The lowest BCUT2D eigenvalue weighted by atomic mass is 10.0. The minimum absolute atomic E-state index is 0.120. The number of hydrogen-bond donors (Lipinski definition) is 2. The molecule has 3 aromatic rings. The van der Waals surface area contributed by atoms with Crippen LogP contribution in [0, 0.1) is 6.92 Å². The molecule has 0 unspecified atom stereocenters. The number of amides is 1. The molecule has 0 aromatic heterocycles. The Morgan fingerprint density at radius 3 is 2.32 bits per heavy atom. The SMILES string of the molecule is CCOc1ccccc1NC(=O)[C@@H](NCc1ccc(C)cc1)c1ccccc1. The molecule has 0 aliphatic rings. The quantitative estimate of drug-likeness (QED) is 0.592. The molecule has 0 fully saturated rings. The Morgan fingerprint density at radius 1 is 0.929 bits per heavy atom. The van der Waals surface area contributed by atoms with Crippen molar-refractivity contribution in [3.05, 3.63) is 95.6 Å². The summed E-state index contributed by atoms with van der Waals surface area (Å²) in [5.74, 6) is 0.550. The molecule has 144 valence electrons. The van der Waals surface area contributed by atoms with Gasteiger partial charge >= 0.3 is 0 Å². The van der Waals surface area contributed by atoms with E-state index >= 15 is 0 Å². The molecule has 0 aliphatic heterocycles. The Bertz CT molecular complexity index is 892. The van der Waals surface area contributed by atoms with E-state index in [1.165, 1.54) is 5.56 Å². The minimum Gasteiger partial charge on any atom is -0.492 e. The van der Waals surface area contributed by atoms with Crippen LogP contribution in [0.2, 0.25) is 0 Å². The Labute approximate surface area is 166 Å². The van der Waals surface area contributed by atoms with Crippen molar-refractivity contribution in [2.75, 3.05) is 11.9 Å². The van der Waals surface area contributed by atoms with E-state index in [4.69, 9.17) is 4.74 Å². The summed E-state index contributed by atoms with van der Waals surface area (Å²) < 4.78 is 5.63. The minimum atomic E-state index is -0.475. The molecular weight excluding hydrogens is 348 g/mol. The predicted octanol–water partition coefficient (Wildman–Crippen LogP) is 4.86. The number of hydrogen-bond acceptors (Lipinski definition) is 3. The van der Waals surface area contributed by atoms with Gasteiger partial charge in [0.2, 0.25) is 5.91 Å². The lowest BCUT2D eigenvalue weighted by Crippen LogP contribution is -2.32. The number of carbonyl (C=O) groups is 1. The fourth-order valence-electron chi connectivity index (χ4n) is 2.99. The average Bonchev–Trinajstić information content (AvgIpc) is 2.72. The molecule has 1 amide bonds. The fourth-order valence-corrected chi connectivity index (χ4v) is 2.99. The van der Waals surface area contributed by atoms with E-state index in [0.717, 1.165) is 11.1 Å². The molecule has 0 saturated carbocycles. The van der Waals surface area contributed by atoms with Crippen LogP contribution in [0.15, 0.2) is 78.9 Å². The predicted molar refractivity (Wildman–Crippen MR) is 113 cm³/mol. The third-order valence-corrected chi connectivity index (χ3v) is 4.47. The number of anilines is 1. The van der Waals surface area contributed by atoms with Gasteiger partial charge in [-0.1, -0.05) is 72.3 Å². The molecule has 0 radical (unpaired) electrons. The Morgan fingerprint density at radius 2 is 1.61 bits per heavy atom. The fraction of sp³-hybridized carbons (Fsp3) is 0.208. The molecule has 3 aromatic carbocycles. The molecule has 0 aliphatic carbocycles. The van der Waals surface area contributed by atoms with Crippen LogP contribution in [-0.4, -0.2) is 12.5 Å². The Kier molecular flexibility index (Phi) is 6.82. The number of rotatable bonds is 8. The number of benzene rings is 3. The summed E-state index contributed by atoms with van der Waals surface area (Å²) in [4.78, 5) is 13.1. The first-order chi connectivity index (χ1) is 13.7. The van der Waals surface area contributed by atoms with Gasteiger partial charge in [0.15, 0.2) is 0 Å². The van der Waals surface area contributed by atoms with Crippen LogP contribution < -0.4 is 15.4 Å². The molecule has 4 nitrogen and oxygen atoms in total. The topological polar surface area (TPSA) is 50.4 Å². The van der Waals surface area contributed by atoms with Crippen molar-refractivity contribution in [1.82, 2.24) is 5.32 Å². The second-order valence-electron chi connectivity index (χ2n) is 6.63. The van der Waals surface area contributed by atoms with E-state index in [9.17, 15) is 4.79 Å². The Hall–Kier alpha value is -3.11. The summed E-state index contributed by atoms with van der Waals surface area (Å²) in [6, 6.07) is 25.1. The maximum Gasteiger partial charge on any atom is 0.246 e. The average molecular weight is 374 g/mol. The molecule has 1 atom stereocenters. The monoisotopic (exact) mass is 374 g/mol. The van der Waals surface area contributed by atoms with Gasteiger partial charge in [-0.05, 0) is 37.1 Å². The molecule has 2 N–H and O–H groups in total. The van der Waals surface area contributed by atoms with E-state index in [2.05, 4.69) is 41.8 Å². The molecule has 28 heavy (non-hydrogen) atoms. The highest BCUT2D eigenvalue weighted by Crippen LogP contribution is 2.25. The zero-order valence-corrected chi connectivity index (χ0v) is 16.3. The summed E-state index contributed by atoms with van der Waals surface area (Å²) in [5, 5.41) is 6.40. The first-order valence-electron chi connectivity index (χ1n) is 9.54. The van der Waals surface area contributed by atoms with Crippen LogP contribution in [0.25, 0.3) is 0 Å². The maximum absolute atomic E-state index is 13.1. The number of para-hydroxylation sites is 2. The van der Waals surface area contributed by atoms with Crippen molar-refractivity contribution in [2.45, 2.75) is 26.4 Å². The largest absolute Gasteiger partial charge is 0.492 e. The number of carbonyl (C=O) groups excluding carboxylic acids is 1. The first-order valence-corrected chi connectivity index (χ1v) is 9.54. The van der Waals surface area contributed by atoms with E-state index in [1.54, 1.807) is 0 Å². The standard InChI is InChI=1S/C24H26N2O2/c1-3-28-22-12-8-7-11-21(22)26-24(27)23(20-9-5-4-6-10-20)25-17-19-15-13-18(2)14-16-19/h4-16,23,25H,3,17H2,1-2H3,(H,26,27)/t23-/m0/s1. The number of nitrogens with one attached hydrogen (secondary N) is 2. The van der Waals surface area contributed by atoms with Crippen molar-refractivity contribution in [2.24, 2.45) is 0 Å². The molecule has 0 spiro atoms. The highest BCUT2D eigenvalue weighted by atomic mass is 16.5. The summed E-state index contributed by atoms with van der Waals surface area (Å²) in [6.07, 6.45) is 0. The van der Waals surface area contributed by atoms with E-state index in [0.29, 0.717) is 24.6 Å².